The summed E-state index contributed by atoms with van der Waals surface area (Å²) in [6, 6.07) is 0.282. The van der Waals surface area contributed by atoms with Gasteiger partial charge >= 0.3 is 0 Å². The largest absolute Gasteiger partial charge is 0.393 e. The van der Waals surface area contributed by atoms with Gasteiger partial charge in [0.15, 0.2) is 0 Å². The molecule has 2 saturated carbocycles. The summed E-state index contributed by atoms with van der Waals surface area (Å²) in [7, 11) is 0. The number of hydrogen-bond acceptors (Lipinski definition) is 2. The minimum atomic E-state index is -0.298. The maximum atomic E-state index is 13.0. The molecule has 114 valence electrons. The molecule has 20 heavy (non-hydrogen) atoms. The fourth-order valence-corrected chi connectivity index (χ4v) is 4.87. The number of fused-ring (bicyclic) bond motifs is 2. The Labute approximate surface area is 122 Å². The van der Waals surface area contributed by atoms with E-state index in [4.69, 9.17) is 0 Å². The Kier molecular flexibility index (Phi) is 4.34. The van der Waals surface area contributed by atoms with E-state index in [0.717, 1.165) is 38.1 Å². The third-order valence-corrected chi connectivity index (χ3v) is 5.83. The van der Waals surface area contributed by atoms with Crippen molar-refractivity contribution in [3.05, 3.63) is 0 Å². The van der Waals surface area contributed by atoms with Crippen LogP contribution in [0.15, 0.2) is 0 Å². The van der Waals surface area contributed by atoms with Gasteiger partial charge < -0.3 is 10.0 Å². The van der Waals surface area contributed by atoms with Crippen LogP contribution in [0.25, 0.3) is 0 Å². The summed E-state index contributed by atoms with van der Waals surface area (Å²) in [4.78, 5) is 15.1. The molecule has 0 aromatic carbocycles. The normalized spacial score (nSPS) is 38.8. The Morgan fingerprint density at radius 3 is 2.70 bits per heavy atom. The smallest absolute Gasteiger partial charge is 0.226 e. The lowest BCUT2D eigenvalue weighted by Gasteiger charge is -2.35. The molecule has 3 rings (SSSR count). The number of likely N-dealkylation sites (tertiary alicyclic amines) is 1. The highest BCUT2D eigenvalue weighted by atomic mass is 16.3. The number of carbonyl (C=O) groups is 1. The minimum Gasteiger partial charge on any atom is -0.393 e. The molecule has 1 aliphatic heterocycles. The average molecular weight is 279 g/mol. The van der Waals surface area contributed by atoms with E-state index < -0.39 is 0 Å². The third-order valence-electron chi connectivity index (χ3n) is 5.83. The first-order valence-corrected chi connectivity index (χ1v) is 8.63. The Morgan fingerprint density at radius 2 is 2.05 bits per heavy atom. The summed E-state index contributed by atoms with van der Waals surface area (Å²) in [6.45, 7) is 2.77. The molecular formula is C17H29NO2. The molecule has 5 atom stereocenters. The first kappa shape index (κ1) is 14.4. The van der Waals surface area contributed by atoms with E-state index in [1.54, 1.807) is 0 Å². The van der Waals surface area contributed by atoms with Crippen LogP contribution in [0, 0.1) is 17.8 Å². The topological polar surface area (TPSA) is 40.5 Å². The van der Waals surface area contributed by atoms with Crippen LogP contribution in [0.4, 0.5) is 0 Å². The van der Waals surface area contributed by atoms with Crippen LogP contribution in [-0.2, 0) is 4.79 Å². The van der Waals surface area contributed by atoms with Gasteiger partial charge in [0.05, 0.1) is 6.10 Å². The molecule has 0 radical (unpaired) electrons. The van der Waals surface area contributed by atoms with Gasteiger partial charge in [-0.1, -0.05) is 19.3 Å². The molecule has 2 bridgehead atoms. The fourth-order valence-electron chi connectivity index (χ4n) is 4.87. The minimum absolute atomic E-state index is 0.282. The quantitative estimate of drug-likeness (QED) is 0.863. The van der Waals surface area contributed by atoms with Crippen molar-refractivity contribution >= 4 is 5.91 Å². The average Bonchev–Trinajstić information content (AvgIpc) is 2.96. The molecule has 3 heteroatoms. The van der Waals surface area contributed by atoms with Crippen LogP contribution in [0.5, 0.6) is 0 Å². The Morgan fingerprint density at radius 1 is 1.20 bits per heavy atom. The molecule has 0 aromatic heterocycles. The summed E-state index contributed by atoms with van der Waals surface area (Å²) in [5.41, 5.74) is 0. The molecule has 0 spiro atoms. The van der Waals surface area contributed by atoms with Crippen LogP contribution >= 0.6 is 0 Å². The molecule has 5 unspecified atom stereocenters. The number of nitrogens with zero attached hydrogens (tertiary/aromatic N) is 1. The van der Waals surface area contributed by atoms with Crippen molar-refractivity contribution in [2.75, 3.05) is 6.54 Å². The SMILES string of the molecule is CC(O)CC1CCCCCN1C(=O)C1CC2CCC1C2. The molecule has 1 N–H and O–H groups in total. The van der Waals surface area contributed by atoms with E-state index in [2.05, 4.69) is 4.90 Å². The monoisotopic (exact) mass is 279 g/mol. The van der Waals surface area contributed by atoms with Gasteiger partial charge in [0.1, 0.15) is 0 Å². The van der Waals surface area contributed by atoms with Crippen molar-refractivity contribution in [3.63, 3.8) is 0 Å². The summed E-state index contributed by atoms with van der Waals surface area (Å²) in [6.07, 6.45) is 10.2. The predicted molar refractivity (Wildman–Crippen MR) is 79.2 cm³/mol. The van der Waals surface area contributed by atoms with Gasteiger partial charge in [-0.25, -0.2) is 0 Å². The molecule has 3 nitrogen and oxygen atoms in total. The van der Waals surface area contributed by atoms with Crippen molar-refractivity contribution in [1.29, 1.82) is 0 Å². The van der Waals surface area contributed by atoms with Gasteiger partial charge in [-0.2, -0.15) is 0 Å². The van der Waals surface area contributed by atoms with E-state index >= 15 is 0 Å². The summed E-state index contributed by atoms with van der Waals surface area (Å²) in [5.74, 6) is 2.23. The lowest BCUT2D eigenvalue weighted by atomic mass is 9.87. The second-order valence-electron chi connectivity index (χ2n) is 7.40. The van der Waals surface area contributed by atoms with Crippen molar-refractivity contribution in [2.45, 2.75) is 76.9 Å². The lowest BCUT2D eigenvalue weighted by molar-refractivity contribution is -0.140. The van der Waals surface area contributed by atoms with Gasteiger partial charge in [0.25, 0.3) is 0 Å². The standard InChI is InChI=1S/C17H29NO2/c1-12(19)9-15-5-3-2-4-8-18(15)17(20)16-11-13-6-7-14(16)10-13/h12-16,19H,2-11H2,1H3. The number of rotatable bonds is 3. The van der Waals surface area contributed by atoms with Gasteiger partial charge in [-0.05, 0) is 57.3 Å². The van der Waals surface area contributed by atoms with Crippen molar-refractivity contribution in [3.8, 4) is 0 Å². The van der Waals surface area contributed by atoms with E-state index in [1.807, 2.05) is 6.92 Å². The first-order chi connectivity index (χ1) is 9.65. The second-order valence-corrected chi connectivity index (χ2v) is 7.40. The molecule has 1 heterocycles. The van der Waals surface area contributed by atoms with Crippen molar-refractivity contribution in [1.82, 2.24) is 4.90 Å². The zero-order valence-electron chi connectivity index (χ0n) is 12.8. The van der Waals surface area contributed by atoms with Crippen molar-refractivity contribution in [2.24, 2.45) is 17.8 Å². The molecule has 2 aliphatic carbocycles. The van der Waals surface area contributed by atoms with E-state index in [-0.39, 0.29) is 12.1 Å². The summed E-state index contributed by atoms with van der Waals surface area (Å²) in [5, 5.41) is 9.73. The fraction of sp³-hybridized carbons (Fsp3) is 0.941. The molecule has 1 amide bonds. The maximum absolute atomic E-state index is 13.0. The second kappa shape index (κ2) is 6.05. The summed E-state index contributed by atoms with van der Waals surface area (Å²) >= 11 is 0. The number of aliphatic hydroxyl groups excluding tert-OH is 1. The van der Waals surface area contributed by atoms with E-state index in [1.165, 1.54) is 32.1 Å². The highest BCUT2D eigenvalue weighted by molar-refractivity contribution is 5.80. The van der Waals surface area contributed by atoms with Gasteiger partial charge in [0, 0.05) is 18.5 Å². The van der Waals surface area contributed by atoms with Crippen LogP contribution in [-0.4, -0.2) is 34.6 Å². The lowest BCUT2D eigenvalue weighted by Crippen LogP contribution is -2.45. The number of aliphatic hydroxyl groups is 1. The third kappa shape index (κ3) is 2.88. The predicted octanol–water partition coefficient (Wildman–Crippen LogP) is 2.96. The zero-order chi connectivity index (χ0) is 14.1. The Bertz CT molecular complexity index is 355. The molecule has 3 aliphatic rings. The summed E-state index contributed by atoms with van der Waals surface area (Å²) < 4.78 is 0. The molecule has 1 saturated heterocycles. The number of amides is 1. The van der Waals surface area contributed by atoms with Gasteiger partial charge in [-0.15, -0.1) is 0 Å². The van der Waals surface area contributed by atoms with Crippen LogP contribution in [0.1, 0.15) is 64.7 Å². The van der Waals surface area contributed by atoms with Crippen LogP contribution in [0.2, 0.25) is 0 Å². The zero-order valence-corrected chi connectivity index (χ0v) is 12.8. The Hall–Kier alpha value is -0.570. The van der Waals surface area contributed by atoms with E-state index in [0.29, 0.717) is 17.7 Å². The highest BCUT2D eigenvalue weighted by Gasteiger charge is 2.45. The van der Waals surface area contributed by atoms with Gasteiger partial charge in [0.2, 0.25) is 5.91 Å². The van der Waals surface area contributed by atoms with E-state index in [9.17, 15) is 9.90 Å². The van der Waals surface area contributed by atoms with Crippen molar-refractivity contribution < 1.29 is 9.90 Å². The maximum Gasteiger partial charge on any atom is 0.226 e. The van der Waals surface area contributed by atoms with Crippen LogP contribution < -0.4 is 0 Å². The number of hydrogen-bond donors (Lipinski definition) is 1. The van der Waals surface area contributed by atoms with Crippen LogP contribution in [0.3, 0.4) is 0 Å². The number of carbonyl (C=O) groups excluding carboxylic acids is 1. The molecule has 0 aromatic rings. The van der Waals surface area contributed by atoms with Gasteiger partial charge in [-0.3, -0.25) is 4.79 Å². The first-order valence-electron chi connectivity index (χ1n) is 8.63. The Balaban J connectivity index is 1.69. The molecular weight excluding hydrogens is 250 g/mol. The molecule has 3 fully saturated rings. The highest BCUT2D eigenvalue weighted by Crippen LogP contribution is 2.49.